The Hall–Kier alpha value is -0.990. The summed E-state index contributed by atoms with van der Waals surface area (Å²) in [5.41, 5.74) is 0.731. The Kier molecular flexibility index (Phi) is 4.00. The van der Waals surface area contributed by atoms with E-state index in [9.17, 15) is 9.59 Å². The molecule has 0 bridgehead atoms. The Labute approximate surface area is 97.3 Å². The van der Waals surface area contributed by atoms with Crippen LogP contribution in [0.4, 0.5) is 0 Å². The smallest absolute Gasteiger partial charge is 0.149 e. The first-order chi connectivity index (χ1) is 7.41. The summed E-state index contributed by atoms with van der Waals surface area (Å²) in [5.74, 6) is -0.447. The topological polar surface area (TPSA) is 46.5 Å². The normalized spacial score (nSPS) is 27.1. The lowest BCUT2D eigenvalue weighted by molar-refractivity contribution is -0.132. The van der Waals surface area contributed by atoms with Gasteiger partial charge in [0.2, 0.25) is 0 Å². The maximum Gasteiger partial charge on any atom is 0.149 e. The van der Waals surface area contributed by atoms with Gasteiger partial charge in [-0.05, 0) is 18.3 Å². The minimum atomic E-state index is -0.544. The average Bonchev–Trinajstić information content (AvgIpc) is 2.15. The minimum absolute atomic E-state index is 0.0450. The molecule has 1 aliphatic rings. The monoisotopic (exact) mass is 223 g/mol. The number of hydrogen-bond acceptors (Lipinski definition) is 3. The molecule has 16 heavy (non-hydrogen) atoms. The van der Waals surface area contributed by atoms with Crippen LogP contribution in [0.3, 0.4) is 0 Å². The molecule has 0 spiro atoms. The second-order valence-electron chi connectivity index (χ2n) is 5.35. The second kappa shape index (κ2) is 4.89. The highest BCUT2D eigenvalue weighted by atomic mass is 16.2. The maximum atomic E-state index is 12.0. The van der Waals surface area contributed by atoms with Crippen molar-refractivity contribution in [1.29, 1.82) is 0 Å². The standard InChI is InChI=1S/C13H21NO2/c1-5-6-10(15)12-9(14-4)7-13(2,3)8-11(12)16/h12H,5-8H2,1-4H3/t12-/m0/s1. The summed E-state index contributed by atoms with van der Waals surface area (Å²) in [6.45, 7) is 6.06. The van der Waals surface area contributed by atoms with Crippen molar-refractivity contribution in [3.05, 3.63) is 0 Å². The summed E-state index contributed by atoms with van der Waals surface area (Å²) < 4.78 is 0. The number of nitrogens with zero attached hydrogens (tertiary/aromatic N) is 1. The SMILES string of the molecule is CCCC(=O)[C@H]1C(=O)CC(C)(C)CC1=NC. The average molecular weight is 223 g/mol. The fourth-order valence-corrected chi connectivity index (χ4v) is 2.38. The van der Waals surface area contributed by atoms with E-state index in [1.54, 1.807) is 7.05 Å². The first kappa shape index (κ1) is 13.1. The summed E-state index contributed by atoms with van der Waals surface area (Å²) in [4.78, 5) is 28.0. The fourth-order valence-electron chi connectivity index (χ4n) is 2.38. The van der Waals surface area contributed by atoms with Gasteiger partial charge in [0.1, 0.15) is 17.5 Å². The summed E-state index contributed by atoms with van der Waals surface area (Å²) >= 11 is 0. The first-order valence-electron chi connectivity index (χ1n) is 5.92. The number of Topliss-reactive ketones (excluding diaryl/α,β-unsaturated/α-hetero) is 2. The van der Waals surface area contributed by atoms with Crippen LogP contribution < -0.4 is 0 Å². The predicted octanol–water partition coefficient (Wildman–Crippen LogP) is 2.43. The zero-order valence-corrected chi connectivity index (χ0v) is 10.7. The lowest BCUT2D eigenvalue weighted by Crippen LogP contribution is -2.41. The minimum Gasteiger partial charge on any atom is -0.298 e. The van der Waals surface area contributed by atoms with Gasteiger partial charge in [-0.3, -0.25) is 14.6 Å². The van der Waals surface area contributed by atoms with Crippen molar-refractivity contribution < 1.29 is 9.59 Å². The van der Waals surface area contributed by atoms with Crippen LogP contribution in [0.1, 0.15) is 46.5 Å². The van der Waals surface area contributed by atoms with E-state index in [0.29, 0.717) is 12.8 Å². The van der Waals surface area contributed by atoms with Gasteiger partial charge in [-0.15, -0.1) is 0 Å². The molecule has 0 aromatic rings. The van der Waals surface area contributed by atoms with Crippen LogP contribution in [0, 0.1) is 11.3 Å². The van der Waals surface area contributed by atoms with Crippen molar-refractivity contribution in [3.63, 3.8) is 0 Å². The van der Waals surface area contributed by atoms with E-state index >= 15 is 0 Å². The second-order valence-corrected chi connectivity index (χ2v) is 5.35. The lowest BCUT2D eigenvalue weighted by atomic mass is 9.69. The van der Waals surface area contributed by atoms with Crippen molar-refractivity contribution in [2.24, 2.45) is 16.3 Å². The van der Waals surface area contributed by atoms with Crippen molar-refractivity contribution in [3.8, 4) is 0 Å². The molecule has 0 aromatic carbocycles. The molecule has 0 amide bonds. The molecule has 3 heteroatoms. The van der Waals surface area contributed by atoms with Crippen molar-refractivity contribution in [2.45, 2.75) is 46.5 Å². The number of rotatable bonds is 3. The third-order valence-corrected chi connectivity index (χ3v) is 3.07. The number of aliphatic imine (C=N–C) groups is 1. The Balaban J connectivity index is 2.92. The molecule has 0 unspecified atom stereocenters. The molecule has 1 rings (SSSR count). The molecular formula is C13H21NO2. The third-order valence-electron chi connectivity index (χ3n) is 3.07. The molecule has 0 heterocycles. The quantitative estimate of drug-likeness (QED) is 0.690. The van der Waals surface area contributed by atoms with E-state index in [1.165, 1.54) is 0 Å². The largest absolute Gasteiger partial charge is 0.298 e. The molecule has 0 N–H and O–H groups in total. The summed E-state index contributed by atoms with van der Waals surface area (Å²) in [5, 5.41) is 0. The molecule has 0 aromatic heterocycles. The highest BCUT2D eigenvalue weighted by Gasteiger charge is 2.40. The van der Waals surface area contributed by atoms with Gasteiger partial charge in [0, 0.05) is 25.6 Å². The Morgan fingerprint density at radius 3 is 2.56 bits per heavy atom. The van der Waals surface area contributed by atoms with Crippen molar-refractivity contribution in [1.82, 2.24) is 0 Å². The van der Waals surface area contributed by atoms with Crippen molar-refractivity contribution >= 4 is 17.3 Å². The van der Waals surface area contributed by atoms with Crippen LogP contribution in [0.5, 0.6) is 0 Å². The van der Waals surface area contributed by atoms with E-state index in [1.807, 2.05) is 6.92 Å². The van der Waals surface area contributed by atoms with Crippen LogP contribution in [-0.4, -0.2) is 24.3 Å². The third kappa shape index (κ3) is 2.77. The van der Waals surface area contributed by atoms with Crippen LogP contribution in [0.2, 0.25) is 0 Å². The van der Waals surface area contributed by atoms with Gasteiger partial charge in [-0.1, -0.05) is 20.8 Å². The molecule has 1 atom stereocenters. The number of ketones is 2. The number of carbonyl (C=O) groups is 2. The Morgan fingerprint density at radius 2 is 2.06 bits per heavy atom. The van der Waals surface area contributed by atoms with E-state index < -0.39 is 5.92 Å². The number of carbonyl (C=O) groups excluding carboxylic acids is 2. The zero-order chi connectivity index (χ0) is 12.3. The van der Waals surface area contributed by atoms with Gasteiger partial charge in [-0.25, -0.2) is 0 Å². The first-order valence-corrected chi connectivity index (χ1v) is 5.92. The predicted molar refractivity (Wildman–Crippen MR) is 64.8 cm³/mol. The summed E-state index contributed by atoms with van der Waals surface area (Å²) in [6, 6.07) is 0. The van der Waals surface area contributed by atoms with Gasteiger partial charge in [0.15, 0.2) is 0 Å². The lowest BCUT2D eigenvalue weighted by Gasteiger charge is -2.33. The Bertz CT molecular complexity index is 329. The molecule has 90 valence electrons. The fraction of sp³-hybridized carbons (Fsp3) is 0.769. The van der Waals surface area contributed by atoms with Gasteiger partial charge in [0.25, 0.3) is 0 Å². The Morgan fingerprint density at radius 1 is 1.44 bits per heavy atom. The zero-order valence-electron chi connectivity index (χ0n) is 10.7. The maximum absolute atomic E-state index is 12.0. The van der Waals surface area contributed by atoms with Crippen LogP contribution >= 0.6 is 0 Å². The highest BCUT2D eigenvalue weighted by molar-refractivity contribution is 6.22. The van der Waals surface area contributed by atoms with E-state index in [2.05, 4.69) is 18.8 Å². The molecular weight excluding hydrogens is 202 g/mol. The van der Waals surface area contributed by atoms with Gasteiger partial charge < -0.3 is 0 Å². The van der Waals surface area contributed by atoms with Gasteiger partial charge in [0.05, 0.1) is 0 Å². The van der Waals surface area contributed by atoms with E-state index in [4.69, 9.17) is 0 Å². The summed E-state index contributed by atoms with van der Waals surface area (Å²) in [7, 11) is 1.68. The molecule has 0 aliphatic heterocycles. The molecule has 1 aliphatic carbocycles. The van der Waals surface area contributed by atoms with E-state index in [-0.39, 0.29) is 17.0 Å². The van der Waals surface area contributed by atoms with Gasteiger partial charge >= 0.3 is 0 Å². The van der Waals surface area contributed by atoms with Crippen LogP contribution in [0.15, 0.2) is 4.99 Å². The summed E-state index contributed by atoms with van der Waals surface area (Å²) in [6.07, 6.45) is 2.53. The van der Waals surface area contributed by atoms with E-state index in [0.717, 1.165) is 18.6 Å². The molecule has 0 radical (unpaired) electrons. The van der Waals surface area contributed by atoms with Gasteiger partial charge in [-0.2, -0.15) is 0 Å². The highest BCUT2D eigenvalue weighted by Crippen LogP contribution is 2.35. The van der Waals surface area contributed by atoms with Crippen molar-refractivity contribution in [2.75, 3.05) is 7.05 Å². The number of hydrogen-bond donors (Lipinski definition) is 0. The van der Waals surface area contributed by atoms with Crippen LogP contribution in [-0.2, 0) is 9.59 Å². The molecule has 3 nitrogen and oxygen atoms in total. The molecule has 1 fully saturated rings. The molecule has 0 saturated heterocycles. The van der Waals surface area contributed by atoms with Crippen LogP contribution in [0.25, 0.3) is 0 Å². The molecule has 1 saturated carbocycles.